The minimum absolute atomic E-state index is 0. The predicted molar refractivity (Wildman–Crippen MR) is 109 cm³/mol. The Morgan fingerprint density at radius 3 is 2.57 bits per heavy atom. The third-order valence-electron chi connectivity index (χ3n) is 3.42. The fourth-order valence-corrected chi connectivity index (χ4v) is 1.92. The predicted octanol–water partition coefficient (Wildman–Crippen LogP) is 3.32. The second-order valence-corrected chi connectivity index (χ2v) is 6.35. The number of hydrogen-bond donors (Lipinski definition) is 3. The molecule has 0 spiro atoms. The van der Waals surface area contributed by atoms with Gasteiger partial charge in [0.05, 0.1) is 12.0 Å². The lowest BCUT2D eigenvalue weighted by Crippen LogP contribution is -2.39. The summed E-state index contributed by atoms with van der Waals surface area (Å²) in [6.45, 7) is 10.8. The van der Waals surface area contributed by atoms with E-state index < -0.39 is 5.41 Å². The van der Waals surface area contributed by atoms with E-state index in [-0.39, 0.29) is 29.9 Å². The fourth-order valence-electron chi connectivity index (χ4n) is 1.92. The summed E-state index contributed by atoms with van der Waals surface area (Å²) in [7, 11) is 0. The molecule has 0 aromatic heterocycles. The molecular formula is C17H29IN4O. The van der Waals surface area contributed by atoms with Gasteiger partial charge in [0.15, 0.2) is 5.96 Å². The van der Waals surface area contributed by atoms with Gasteiger partial charge in [-0.15, -0.1) is 24.0 Å². The number of carbonyl (C=O) groups is 1. The molecule has 0 aliphatic rings. The Balaban J connectivity index is 0.00000484. The Bertz CT molecular complexity index is 541. The topological polar surface area (TPSA) is 79.5 Å². The number of amides is 1. The van der Waals surface area contributed by atoms with Crippen molar-refractivity contribution in [3.63, 3.8) is 0 Å². The standard InChI is InChI=1S/C17H28N4O.HI/c1-6-19-15(22)17(4,5)11-20-16(18)21-14-9-7-8-13(10-14)12(2)3;/h7-10,12H,6,11H2,1-5H3,(H,19,22)(H3,18,20,21);1H. The number of guanidine groups is 1. The summed E-state index contributed by atoms with van der Waals surface area (Å²) in [4.78, 5) is 16.2. The average Bonchev–Trinajstić information content (AvgIpc) is 2.46. The van der Waals surface area contributed by atoms with Crippen LogP contribution in [-0.2, 0) is 4.79 Å². The zero-order chi connectivity index (χ0) is 16.8. The number of carbonyl (C=O) groups excluding carboxylic acids is 1. The number of aliphatic imine (C=N–C) groups is 1. The first-order valence-electron chi connectivity index (χ1n) is 7.71. The molecule has 0 aliphatic carbocycles. The smallest absolute Gasteiger partial charge is 0.227 e. The summed E-state index contributed by atoms with van der Waals surface area (Å²) in [6, 6.07) is 8.08. The van der Waals surface area contributed by atoms with Crippen LogP contribution >= 0.6 is 24.0 Å². The molecule has 0 saturated carbocycles. The monoisotopic (exact) mass is 432 g/mol. The molecule has 0 fully saturated rings. The number of halogens is 1. The van der Waals surface area contributed by atoms with Crippen LogP contribution in [0.4, 0.5) is 5.69 Å². The molecule has 6 heteroatoms. The lowest BCUT2D eigenvalue weighted by molar-refractivity contribution is -0.128. The first-order valence-corrected chi connectivity index (χ1v) is 7.71. The third kappa shape index (κ3) is 7.20. The van der Waals surface area contributed by atoms with E-state index in [4.69, 9.17) is 5.73 Å². The molecule has 5 nitrogen and oxygen atoms in total. The van der Waals surface area contributed by atoms with E-state index in [1.165, 1.54) is 5.56 Å². The number of nitrogens with zero attached hydrogens (tertiary/aromatic N) is 1. The molecule has 1 aromatic rings. The van der Waals surface area contributed by atoms with Crippen LogP contribution in [0, 0.1) is 5.41 Å². The molecule has 1 amide bonds. The molecule has 0 atom stereocenters. The third-order valence-corrected chi connectivity index (χ3v) is 3.42. The SMILES string of the molecule is CCNC(=O)C(C)(C)CN=C(N)Nc1cccc(C(C)C)c1.I. The first kappa shape index (κ1) is 21.7. The van der Waals surface area contributed by atoms with Crippen LogP contribution in [0.3, 0.4) is 0 Å². The van der Waals surface area contributed by atoms with Crippen LogP contribution in [0.5, 0.6) is 0 Å². The van der Waals surface area contributed by atoms with Crippen molar-refractivity contribution in [2.45, 2.75) is 40.5 Å². The van der Waals surface area contributed by atoms with Crippen molar-refractivity contribution in [1.29, 1.82) is 0 Å². The van der Waals surface area contributed by atoms with E-state index in [2.05, 4.69) is 41.6 Å². The molecule has 4 N–H and O–H groups in total. The highest BCUT2D eigenvalue weighted by atomic mass is 127. The average molecular weight is 432 g/mol. The van der Waals surface area contributed by atoms with Crippen molar-refractivity contribution in [3.05, 3.63) is 29.8 Å². The maximum Gasteiger partial charge on any atom is 0.227 e. The zero-order valence-electron chi connectivity index (χ0n) is 14.6. The molecule has 0 saturated heterocycles. The van der Waals surface area contributed by atoms with Gasteiger partial charge in [-0.3, -0.25) is 9.79 Å². The molecule has 0 heterocycles. The highest BCUT2D eigenvalue weighted by molar-refractivity contribution is 14.0. The Kier molecular flexibility index (Phi) is 9.19. The molecule has 1 aromatic carbocycles. The van der Waals surface area contributed by atoms with Crippen molar-refractivity contribution in [2.75, 3.05) is 18.4 Å². The lowest BCUT2D eigenvalue weighted by Gasteiger charge is -2.21. The van der Waals surface area contributed by atoms with Gasteiger partial charge in [-0.2, -0.15) is 0 Å². The van der Waals surface area contributed by atoms with Gasteiger partial charge in [0.25, 0.3) is 0 Å². The van der Waals surface area contributed by atoms with Gasteiger partial charge in [-0.25, -0.2) is 0 Å². The Morgan fingerprint density at radius 2 is 2.00 bits per heavy atom. The van der Waals surface area contributed by atoms with Crippen molar-refractivity contribution in [1.82, 2.24) is 5.32 Å². The Morgan fingerprint density at radius 1 is 1.35 bits per heavy atom. The maximum atomic E-state index is 11.9. The summed E-state index contributed by atoms with van der Waals surface area (Å²) in [5, 5.41) is 5.89. The molecule has 0 radical (unpaired) electrons. The van der Waals surface area contributed by atoms with Crippen LogP contribution < -0.4 is 16.4 Å². The number of benzene rings is 1. The molecule has 0 bridgehead atoms. The molecule has 23 heavy (non-hydrogen) atoms. The van der Waals surface area contributed by atoms with E-state index in [1.54, 1.807) is 0 Å². The highest BCUT2D eigenvalue weighted by Gasteiger charge is 2.26. The Hall–Kier alpha value is -1.31. The van der Waals surface area contributed by atoms with Crippen molar-refractivity contribution in [2.24, 2.45) is 16.1 Å². The maximum absolute atomic E-state index is 11.9. The second-order valence-electron chi connectivity index (χ2n) is 6.35. The van der Waals surface area contributed by atoms with Crippen molar-refractivity contribution < 1.29 is 4.79 Å². The Labute approximate surface area is 156 Å². The van der Waals surface area contributed by atoms with E-state index in [0.29, 0.717) is 25.0 Å². The summed E-state index contributed by atoms with van der Waals surface area (Å²) in [6.07, 6.45) is 0. The van der Waals surface area contributed by atoms with E-state index in [0.717, 1.165) is 5.69 Å². The van der Waals surface area contributed by atoms with E-state index >= 15 is 0 Å². The van der Waals surface area contributed by atoms with Crippen molar-refractivity contribution in [3.8, 4) is 0 Å². The van der Waals surface area contributed by atoms with Crippen molar-refractivity contribution >= 4 is 41.5 Å². The molecule has 0 unspecified atom stereocenters. The number of nitrogens with one attached hydrogen (secondary N) is 2. The summed E-state index contributed by atoms with van der Waals surface area (Å²) < 4.78 is 0. The quantitative estimate of drug-likeness (QED) is 0.367. The molecule has 0 aliphatic heterocycles. The van der Waals surface area contributed by atoms with E-state index in [1.807, 2.05) is 32.9 Å². The highest BCUT2D eigenvalue weighted by Crippen LogP contribution is 2.19. The summed E-state index contributed by atoms with van der Waals surface area (Å²) >= 11 is 0. The lowest BCUT2D eigenvalue weighted by atomic mass is 9.92. The number of nitrogens with two attached hydrogens (primary N) is 1. The molecule has 130 valence electrons. The first-order chi connectivity index (χ1) is 10.3. The summed E-state index contributed by atoms with van der Waals surface area (Å²) in [5.41, 5.74) is 7.48. The summed E-state index contributed by atoms with van der Waals surface area (Å²) in [5.74, 6) is 0.753. The molecular weight excluding hydrogens is 403 g/mol. The normalized spacial score (nSPS) is 11.8. The number of rotatable bonds is 6. The van der Waals surface area contributed by atoms with Crippen LogP contribution in [0.1, 0.15) is 46.1 Å². The fraction of sp³-hybridized carbons (Fsp3) is 0.529. The van der Waals surface area contributed by atoms with Crippen LogP contribution in [-0.4, -0.2) is 25.0 Å². The van der Waals surface area contributed by atoms with E-state index in [9.17, 15) is 4.79 Å². The van der Waals surface area contributed by atoms with Gasteiger partial charge in [-0.1, -0.05) is 26.0 Å². The van der Waals surface area contributed by atoms with Gasteiger partial charge in [0, 0.05) is 12.2 Å². The van der Waals surface area contributed by atoms with Crippen LogP contribution in [0.2, 0.25) is 0 Å². The number of hydrogen-bond acceptors (Lipinski definition) is 2. The van der Waals surface area contributed by atoms with Crippen LogP contribution in [0.25, 0.3) is 0 Å². The largest absolute Gasteiger partial charge is 0.370 e. The minimum atomic E-state index is -0.581. The zero-order valence-corrected chi connectivity index (χ0v) is 17.0. The van der Waals surface area contributed by atoms with Gasteiger partial charge >= 0.3 is 0 Å². The van der Waals surface area contributed by atoms with Crippen LogP contribution in [0.15, 0.2) is 29.3 Å². The van der Waals surface area contributed by atoms with Gasteiger partial charge in [0.1, 0.15) is 0 Å². The minimum Gasteiger partial charge on any atom is -0.370 e. The van der Waals surface area contributed by atoms with Gasteiger partial charge in [0.2, 0.25) is 5.91 Å². The molecule has 1 rings (SSSR count). The number of anilines is 1. The van der Waals surface area contributed by atoms with Gasteiger partial charge < -0.3 is 16.4 Å². The second kappa shape index (κ2) is 9.75. The van der Waals surface area contributed by atoms with Gasteiger partial charge in [-0.05, 0) is 44.4 Å².